The van der Waals surface area contributed by atoms with E-state index in [-0.39, 0.29) is 5.91 Å². The molecular weight excluding hydrogens is 388 g/mol. The second-order valence-electron chi connectivity index (χ2n) is 6.33. The molecule has 1 N–H and O–H groups in total. The molecule has 2 aromatic carbocycles. The van der Waals surface area contributed by atoms with Crippen LogP contribution in [0.25, 0.3) is 10.2 Å². The largest absolute Gasteiger partial charge is 0.488 e. The highest BCUT2D eigenvalue weighted by atomic mass is 32.1. The van der Waals surface area contributed by atoms with Gasteiger partial charge in [0.05, 0.1) is 15.2 Å². The van der Waals surface area contributed by atoms with Crippen molar-refractivity contribution in [2.45, 2.75) is 19.4 Å². The Morgan fingerprint density at radius 1 is 1.07 bits per heavy atom. The van der Waals surface area contributed by atoms with Crippen LogP contribution in [0, 0.1) is 0 Å². The number of para-hydroxylation sites is 1. The summed E-state index contributed by atoms with van der Waals surface area (Å²) in [6, 6.07) is 19.5. The highest BCUT2D eigenvalue weighted by Crippen LogP contribution is 2.22. The molecule has 0 aliphatic heterocycles. The SMILES string of the molecule is O=C(NCCCc1nc2ccccc2s1)c1cccc(OCc2cccs2)c1. The minimum Gasteiger partial charge on any atom is -0.488 e. The molecule has 0 saturated carbocycles. The molecule has 4 aromatic rings. The molecule has 0 unspecified atom stereocenters. The van der Waals surface area contributed by atoms with Gasteiger partial charge in [0, 0.05) is 23.4 Å². The third kappa shape index (κ3) is 4.77. The molecule has 142 valence electrons. The fraction of sp³-hybridized carbons (Fsp3) is 0.182. The molecule has 0 spiro atoms. The number of aromatic nitrogens is 1. The van der Waals surface area contributed by atoms with Crippen molar-refractivity contribution in [2.24, 2.45) is 0 Å². The molecule has 6 heteroatoms. The average Bonchev–Trinajstić information content (AvgIpc) is 3.39. The van der Waals surface area contributed by atoms with Crippen LogP contribution < -0.4 is 10.1 Å². The Labute approximate surface area is 171 Å². The molecule has 0 aliphatic carbocycles. The Morgan fingerprint density at radius 2 is 2.00 bits per heavy atom. The quantitative estimate of drug-likeness (QED) is 0.403. The smallest absolute Gasteiger partial charge is 0.251 e. The molecule has 4 nitrogen and oxygen atoms in total. The summed E-state index contributed by atoms with van der Waals surface area (Å²) in [7, 11) is 0. The number of nitrogens with one attached hydrogen (secondary N) is 1. The van der Waals surface area contributed by atoms with Crippen LogP contribution in [0.15, 0.2) is 66.0 Å². The van der Waals surface area contributed by atoms with E-state index in [0.29, 0.717) is 24.5 Å². The zero-order valence-corrected chi connectivity index (χ0v) is 16.9. The Balaban J connectivity index is 1.25. The van der Waals surface area contributed by atoms with E-state index in [1.165, 1.54) is 4.70 Å². The number of aryl methyl sites for hydroxylation is 1. The van der Waals surface area contributed by atoms with Gasteiger partial charge in [0.25, 0.3) is 5.91 Å². The molecule has 0 fully saturated rings. The number of thiophene rings is 1. The highest BCUT2D eigenvalue weighted by molar-refractivity contribution is 7.18. The standard InChI is InChI=1S/C22H20N2O2S2/c25-22(16-6-3-7-17(14-16)26-15-18-8-5-13-27-18)23-12-4-11-21-24-19-9-1-2-10-20(19)28-21/h1-3,5-10,13-14H,4,11-12,15H2,(H,23,25). The topological polar surface area (TPSA) is 51.2 Å². The molecule has 2 aromatic heterocycles. The molecule has 1 amide bonds. The minimum atomic E-state index is -0.0779. The van der Waals surface area contributed by atoms with Crippen LogP contribution in [-0.2, 0) is 13.0 Å². The third-order valence-electron chi connectivity index (χ3n) is 4.25. The summed E-state index contributed by atoms with van der Waals surface area (Å²) in [5, 5.41) is 6.12. The molecule has 0 atom stereocenters. The highest BCUT2D eigenvalue weighted by Gasteiger charge is 2.08. The molecule has 28 heavy (non-hydrogen) atoms. The van der Waals surface area contributed by atoms with Gasteiger partial charge in [-0.3, -0.25) is 4.79 Å². The zero-order valence-electron chi connectivity index (χ0n) is 15.3. The van der Waals surface area contributed by atoms with Crippen molar-refractivity contribution in [3.63, 3.8) is 0 Å². The maximum absolute atomic E-state index is 12.4. The number of carbonyl (C=O) groups is 1. The summed E-state index contributed by atoms with van der Waals surface area (Å²) < 4.78 is 6.99. The van der Waals surface area contributed by atoms with Crippen LogP contribution in [0.4, 0.5) is 0 Å². The maximum Gasteiger partial charge on any atom is 0.251 e. The normalized spacial score (nSPS) is 10.9. The van der Waals surface area contributed by atoms with Crippen molar-refractivity contribution in [1.29, 1.82) is 0 Å². The fourth-order valence-corrected chi connectivity index (χ4v) is 4.47. The number of rotatable bonds is 8. The van der Waals surface area contributed by atoms with Gasteiger partial charge in [0.1, 0.15) is 12.4 Å². The van der Waals surface area contributed by atoms with Crippen molar-refractivity contribution >= 4 is 38.8 Å². The van der Waals surface area contributed by atoms with E-state index >= 15 is 0 Å². The second kappa shape index (κ2) is 8.99. The van der Waals surface area contributed by atoms with Crippen molar-refractivity contribution in [3.05, 3.63) is 81.5 Å². The number of thiazole rings is 1. The number of ether oxygens (including phenoxy) is 1. The monoisotopic (exact) mass is 408 g/mol. The van der Waals surface area contributed by atoms with Crippen molar-refractivity contribution in [1.82, 2.24) is 10.3 Å². The van der Waals surface area contributed by atoms with Crippen molar-refractivity contribution in [3.8, 4) is 5.75 Å². The van der Waals surface area contributed by atoms with Crippen molar-refractivity contribution < 1.29 is 9.53 Å². The van der Waals surface area contributed by atoms with Gasteiger partial charge < -0.3 is 10.1 Å². The number of fused-ring (bicyclic) bond motifs is 1. The van der Waals surface area contributed by atoms with E-state index in [4.69, 9.17) is 4.74 Å². The number of amides is 1. The van der Waals surface area contributed by atoms with E-state index in [0.717, 1.165) is 28.2 Å². The number of hydrogen-bond acceptors (Lipinski definition) is 5. The summed E-state index contributed by atoms with van der Waals surface area (Å²) in [5.74, 6) is 0.626. The number of benzene rings is 2. The van der Waals surface area contributed by atoms with E-state index in [9.17, 15) is 4.79 Å². The first-order valence-electron chi connectivity index (χ1n) is 9.16. The van der Waals surface area contributed by atoms with Crippen molar-refractivity contribution in [2.75, 3.05) is 6.54 Å². The van der Waals surface area contributed by atoms with Crippen LogP contribution in [-0.4, -0.2) is 17.4 Å². The first-order valence-corrected chi connectivity index (χ1v) is 10.9. The van der Waals surface area contributed by atoms with Gasteiger partial charge in [-0.2, -0.15) is 0 Å². The summed E-state index contributed by atoms with van der Waals surface area (Å²) in [5.41, 5.74) is 1.66. The van der Waals surface area contributed by atoms with Gasteiger partial charge >= 0.3 is 0 Å². The lowest BCUT2D eigenvalue weighted by atomic mass is 10.2. The predicted molar refractivity (Wildman–Crippen MR) is 115 cm³/mol. The first-order chi connectivity index (χ1) is 13.8. The zero-order chi connectivity index (χ0) is 19.2. The molecule has 2 heterocycles. The van der Waals surface area contributed by atoms with Crippen LogP contribution in [0.2, 0.25) is 0 Å². The molecule has 0 bridgehead atoms. The Kier molecular flexibility index (Phi) is 5.99. The Morgan fingerprint density at radius 3 is 2.86 bits per heavy atom. The Hall–Kier alpha value is -2.70. The fourth-order valence-electron chi connectivity index (χ4n) is 2.85. The van der Waals surface area contributed by atoms with E-state index in [2.05, 4.69) is 16.4 Å². The molecule has 0 saturated heterocycles. The van der Waals surface area contributed by atoms with Crippen LogP contribution in [0.3, 0.4) is 0 Å². The van der Waals surface area contributed by atoms with Crippen LogP contribution >= 0.6 is 22.7 Å². The summed E-state index contributed by atoms with van der Waals surface area (Å²) >= 11 is 3.38. The van der Waals surface area contributed by atoms with Gasteiger partial charge in [-0.05, 0) is 48.2 Å². The average molecular weight is 409 g/mol. The van der Waals surface area contributed by atoms with Gasteiger partial charge in [0.2, 0.25) is 0 Å². The van der Waals surface area contributed by atoms with Gasteiger partial charge in [0.15, 0.2) is 0 Å². The maximum atomic E-state index is 12.4. The lowest BCUT2D eigenvalue weighted by Gasteiger charge is -2.08. The third-order valence-corrected chi connectivity index (χ3v) is 6.19. The van der Waals surface area contributed by atoms with Gasteiger partial charge in [-0.25, -0.2) is 4.98 Å². The second-order valence-corrected chi connectivity index (χ2v) is 8.48. The lowest BCUT2D eigenvalue weighted by Crippen LogP contribution is -2.24. The van der Waals surface area contributed by atoms with E-state index in [1.54, 1.807) is 34.8 Å². The summed E-state index contributed by atoms with van der Waals surface area (Å²) in [6.07, 6.45) is 1.73. The van der Waals surface area contributed by atoms with Gasteiger partial charge in [-0.1, -0.05) is 24.3 Å². The molecule has 4 rings (SSSR count). The summed E-state index contributed by atoms with van der Waals surface area (Å²) in [4.78, 5) is 18.2. The van der Waals surface area contributed by atoms with E-state index < -0.39 is 0 Å². The van der Waals surface area contributed by atoms with Gasteiger partial charge in [-0.15, -0.1) is 22.7 Å². The minimum absolute atomic E-state index is 0.0779. The molecule has 0 radical (unpaired) electrons. The first kappa shape index (κ1) is 18.7. The van der Waals surface area contributed by atoms with Crippen LogP contribution in [0.1, 0.15) is 26.7 Å². The Bertz CT molecular complexity index is 1020. The molecule has 0 aliphatic rings. The number of nitrogens with zero attached hydrogens (tertiary/aromatic N) is 1. The predicted octanol–water partition coefficient (Wildman–Crippen LogP) is 5.30. The van der Waals surface area contributed by atoms with E-state index in [1.807, 2.05) is 47.8 Å². The lowest BCUT2D eigenvalue weighted by molar-refractivity contribution is 0.0952. The summed E-state index contributed by atoms with van der Waals surface area (Å²) in [6.45, 7) is 1.14. The number of carbonyl (C=O) groups excluding carboxylic acids is 1. The number of hydrogen-bond donors (Lipinski definition) is 1. The molecular formula is C22H20N2O2S2. The van der Waals surface area contributed by atoms with Crippen LogP contribution in [0.5, 0.6) is 5.75 Å².